The van der Waals surface area contributed by atoms with Gasteiger partial charge in [-0.1, -0.05) is 29.8 Å². The molecule has 18 heavy (non-hydrogen) atoms. The third kappa shape index (κ3) is 4.28. The highest BCUT2D eigenvalue weighted by molar-refractivity contribution is 7.09. The molecule has 0 N–H and O–H groups in total. The van der Waals surface area contributed by atoms with Gasteiger partial charge in [-0.3, -0.25) is 4.79 Å². The number of aryl methyl sites for hydroxylation is 1. The first-order valence-electron chi connectivity index (χ1n) is 6.02. The second-order valence-electron chi connectivity index (χ2n) is 4.27. The Labute approximate surface area is 116 Å². The standard InChI is InChI=1S/C15H15ClOS/c16-13-8-6-12(7-9-13)11-14(17)3-1-4-15-5-2-10-18-15/h2,5-10H,1,3-4,11H2. The molecule has 2 aromatic rings. The van der Waals surface area contributed by atoms with Crippen LogP contribution in [0.4, 0.5) is 0 Å². The number of carbonyl (C=O) groups excluding carboxylic acids is 1. The van der Waals surface area contributed by atoms with E-state index in [0.29, 0.717) is 23.6 Å². The molecule has 94 valence electrons. The SMILES string of the molecule is O=C(CCCc1cccs1)Cc1ccc(Cl)cc1. The molecular formula is C15H15ClOS. The Kier molecular flexibility index (Phi) is 4.97. The molecule has 2 rings (SSSR count). The van der Waals surface area contributed by atoms with E-state index in [-0.39, 0.29) is 0 Å². The third-order valence-corrected chi connectivity index (χ3v) is 3.96. The zero-order chi connectivity index (χ0) is 12.8. The first kappa shape index (κ1) is 13.3. The molecule has 0 saturated carbocycles. The predicted molar refractivity (Wildman–Crippen MR) is 77.4 cm³/mol. The molecule has 1 aromatic heterocycles. The van der Waals surface area contributed by atoms with Crippen molar-refractivity contribution in [2.24, 2.45) is 0 Å². The first-order valence-corrected chi connectivity index (χ1v) is 7.28. The Bertz CT molecular complexity index is 488. The summed E-state index contributed by atoms with van der Waals surface area (Å²) >= 11 is 7.56. The lowest BCUT2D eigenvalue weighted by atomic mass is 10.0. The zero-order valence-electron chi connectivity index (χ0n) is 10.1. The Balaban J connectivity index is 1.73. The van der Waals surface area contributed by atoms with Crippen molar-refractivity contribution in [3.05, 3.63) is 57.2 Å². The number of halogens is 1. The van der Waals surface area contributed by atoms with Crippen LogP contribution in [0.3, 0.4) is 0 Å². The van der Waals surface area contributed by atoms with Gasteiger partial charge in [-0.2, -0.15) is 0 Å². The summed E-state index contributed by atoms with van der Waals surface area (Å²) in [7, 11) is 0. The van der Waals surface area contributed by atoms with E-state index in [0.717, 1.165) is 18.4 Å². The van der Waals surface area contributed by atoms with Crippen LogP contribution in [0.1, 0.15) is 23.3 Å². The van der Waals surface area contributed by atoms with Gasteiger partial charge < -0.3 is 0 Å². The van der Waals surface area contributed by atoms with E-state index in [1.807, 2.05) is 24.3 Å². The van der Waals surface area contributed by atoms with Crippen LogP contribution >= 0.6 is 22.9 Å². The molecule has 0 atom stereocenters. The largest absolute Gasteiger partial charge is 0.299 e. The van der Waals surface area contributed by atoms with Crippen LogP contribution in [0.5, 0.6) is 0 Å². The predicted octanol–water partition coefficient (Wildman–Crippen LogP) is 4.54. The second-order valence-corrected chi connectivity index (χ2v) is 5.74. The van der Waals surface area contributed by atoms with Gasteiger partial charge in [0.2, 0.25) is 0 Å². The van der Waals surface area contributed by atoms with Gasteiger partial charge in [0, 0.05) is 22.7 Å². The summed E-state index contributed by atoms with van der Waals surface area (Å²) < 4.78 is 0. The van der Waals surface area contributed by atoms with Crippen molar-refractivity contribution in [2.45, 2.75) is 25.7 Å². The van der Waals surface area contributed by atoms with E-state index in [1.54, 1.807) is 11.3 Å². The summed E-state index contributed by atoms with van der Waals surface area (Å²) in [6.45, 7) is 0. The van der Waals surface area contributed by atoms with Crippen LogP contribution in [-0.2, 0) is 17.6 Å². The fourth-order valence-corrected chi connectivity index (χ4v) is 2.71. The molecule has 0 aliphatic carbocycles. The van der Waals surface area contributed by atoms with E-state index in [4.69, 9.17) is 11.6 Å². The van der Waals surface area contributed by atoms with E-state index < -0.39 is 0 Å². The third-order valence-electron chi connectivity index (χ3n) is 2.77. The quantitative estimate of drug-likeness (QED) is 0.758. The number of ketones is 1. The fourth-order valence-electron chi connectivity index (χ4n) is 1.83. The van der Waals surface area contributed by atoms with E-state index in [9.17, 15) is 4.79 Å². The van der Waals surface area contributed by atoms with Gasteiger partial charge in [-0.25, -0.2) is 0 Å². The number of benzene rings is 1. The summed E-state index contributed by atoms with van der Waals surface area (Å²) in [4.78, 5) is 13.2. The van der Waals surface area contributed by atoms with Gasteiger partial charge >= 0.3 is 0 Å². The Morgan fingerprint density at radius 2 is 1.94 bits per heavy atom. The molecule has 0 radical (unpaired) electrons. The molecule has 1 aromatic carbocycles. The molecule has 0 unspecified atom stereocenters. The van der Waals surface area contributed by atoms with E-state index in [2.05, 4.69) is 17.5 Å². The number of Topliss-reactive ketones (excluding diaryl/α,β-unsaturated/α-hetero) is 1. The lowest BCUT2D eigenvalue weighted by Crippen LogP contribution is -2.02. The maximum atomic E-state index is 11.8. The van der Waals surface area contributed by atoms with Crippen LogP contribution in [0, 0.1) is 0 Å². The minimum absolute atomic E-state index is 0.300. The topological polar surface area (TPSA) is 17.1 Å². The highest BCUT2D eigenvalue weighted by Crippen LogP contribution is 2.14. The van der Waals surface area contributed by atoms with Crippen molar-refractivity contribution in [1.29, 1.82) is 0 Å². The minimum Gasteiger partial charge on any atom is -0.299 e. The van der Waals surface area contributed by atoms with Crippen molar-refractivity contribution in [3.63, 3.8) is 0 Å². The van der Waals surface area contributed by atoms with Crippen LogP contribution in [0.2, 0.25) is 5.02 Å². The van der Waals surface area contributed by atoms with Crippen molar-refractivity contribution in [2.75, 3.05) is 0 Å². The van der Waals surface area contributed by atoms with Crippen molar-refractivity contribution in [1.82, 2.24) is 0 Å². The molecule has 0 saturated heterocycles. The molecule has 3 heteroatoms. The summed E-state index contributed by atoms with van der Waals surface area (Å²) in [5.41, 5.74) is 1.04. The Morgan fingerprint density at radius 3 is 2.61 bits per heavy atom. The molecule has 0 aliphatic heterocycles. The number of hydrogen-bond acceptors (Lipinski definition) is 2. The number of rotatable bonds is 6. The first-order chi connectivity index (χ1) is 8.74. The van der Waals surface area contributed by atoms with Gasteiger partial charge in [0.25, 0.3) is 0 Å². The molecule has 1 heterocycles. The molecule has 0 bridgehead atoms. The highest BCUT2D eigenvalue weighted by Gasteiger charge is 2.04. The smallest absolute Gasteiger partial charge is 0.137 e. The second kappa shape index (κ2) is 6.72. The summed E-state index contributed by atoms with van der Waals surface area (Å²) in [5, 5.41) is 2.79. The van der Waals surface area contributed by atoms with Crippen LogP contribution in [0.15, 0.2) is 41.8 Å². The normalized spacial score (nSPS) is 10.5. The summed E-state index contributed by atoms with van der Waals surface area (Å²) in [6.07, 6.45) is 3.11. The number of carbonyl (C=O) groups is 1. The van der Waals surface area contributed by atoms with E-state index in [1.165, 1.54) is 4.88 Å². The summed E-state index contributed by atoms with van der Waals surface area (Å²) in [6, 6.07) is 11.7. The van der Waals surface area contributed by atoms with Crippen LogP contribution in [-0.4, -0.2) is 5.78 Å². The zero-order valence-corrected chi connectivity index (χ0v) is 11.6. The van der Waals surface area contributed by atoms with Crippen LogP contribution in [0.25, 0.3) is 0 Å². The molecular weight excluding hydrogens is 264 g/mol. The van der Waals surface area contributed by atoms with Gasteiger partial charge in [-0.05, 0) is 42.0 Å². The molecule has 0 spiro atoms. The number of hydrogen-bond donors (Lipinski definition) is 0. The minimum atomic E-state index is 0.300. The van der Waals surface area contributed by atoms with Crippen molar-refractivity contribution in [3.8, 4) is 0 Å². The fraction of sp³-hybridized carbons (Fsp3) is 0.267. The van der Waals surface area contributed by atoms with E-state index >= 15 is 0 Å². The summed E-state index contributed by atoms with van der Waals surface area (Å²) in [5.74, 6) is 0.300. The highest BCUT2D eigenvalue weighted by atomic mass is 35.5. The monoisotopic (exact) mass is 278 g/mol. The van der Waals surface area contributed by atoms with Crippen molar-refractivity contribution < 1.29 is 4.79 Å². The average Bonchev–Trinajstić information content (AvgIpc) is 2.85. The van der Waals surface area contributed by atoms with Crippen molar-refractivity contribution >= 4 is 28.7 Å². The number of thiophene rings is 1. The average molecular weight is 279 g/mol. The Hall–Kier alpha value is -1.12. The van der Waals surface area contributed by atoms with Crippen LogP contribution < -0.4 is 0 Å². The Morgan fingerprint density at radius 1 is 1.17 bits per heavy atom. The molecule has 0 aliphatic rings. The van der Waals surface area contributed by atoms with Gasteiger partial charge in [-0.15, -0.1) is 11.3 Å². The molecule has 0 fully saturated rings. The maximum absolute atomic E-state index is 11.8. The van der Waals surface area contributed by atoms with Gasteiger partial charge in [0.1, 0.15) is 5.78 Å². The molecule has 0 amide bonds. The molecule has 1 nitrogen and oxygen atoms in total. The lowest BCUT2D eigenvalue weighted by molar-refractivity contribution is -0.118. The van der Waals surface area contributed by atoms with Gasteiger partial charge in [0.15, 0.2) is 0 Å². The maximum Gasteiger partial charge on any atom is 0.137 e. The van der Waals surface area contributed by atoms with Gasteiger partial charge in [0.05, 0.1) is 0 Å². The lowest BCUT2D eigenvalue weighted by Gasteiger charge is -2.01.